The Labute approximate surface area is 130 Å². The minimum Gasteiger partial charge on any atom is -0.306 e. The second-order valence-corrected chi connectivity index (χ2v) is 5.17. The molecule has 1 aromatic carbocycles. The van der Waals surface area contributed by atoms with Gasteiger partial charge in [-0.1, -0.05) is 6.07 Å². The van der Waals surface area contributed by atoms with Crippen LogP contribution in [0.1, 0.15) is 0 Å². The van der Waals surface area contributed by atoms with Crippen molar-refractivity contribution in [1.29, 1.82) is 0 Å². The molecule has 0 aliphatic carbocycles. The maximum Gasteiger partial charge on any atom is 0.136 e. The fourth-order valence-corrected chi connectivity index (χ4v) is 2.64. The second kappa shape index (κ2) is 5.28. The van der Waals surface area contributed by atoms with E-state index in [-0.39, 0.29) is 0 Å². The largest absolute Gasteiger partial charge is 0.306 e. The molecule has 0 aliphatic heterocycles. The number of benzene rings is 1. The molecule has 0 amide bonds. The van der Waals surface area contributed by atoms with Crippen molar-refractivity contribution < 1.29 is 8.78 Å². The third kappa shape index (κ3) is 2.46. The van der Waals surface area contributed by atoms with Crippen LogP contribution in [0.15, 0.2) is 67.3 Å². The normalized spacial score (nSPS) is 11.0. The van der Waals surface area contributed by atoms with Gasteiger partial charge in [0.15, 0.2) is 0 Å². The first-order chi connectivity index (χ1) is 11.2. The lowest BCUT2D eigenvalue weighted by atomic mass is 10.0. The molecule has 0 saturated heterocycles. The predicted molar refractivity (Wildman–Crippen MR) is 83.8 cm³/mol. The molecule has 5 heteroatoms. The van der Waals surface area contributed by atoms with Crippen LogP contribution in [0, 0.1) is 11.6 Å². The summed E-state index contributed by atoms with van der Waals surface area (Å²) >= 11 is 0. The molecule has 23 heavy (non-hydrogen) atoms. The minimum atomic E-state index is -0.623. The van der Waals surface area contributed by atoms with Gasteiger partial charge < -0.3 is 4.40 Å². The smallest absolute Gasteiger partial charge is 0.136 e. The molecule has 4 aromatic rings. The van der Waals surface area contributed by atoms with E-state index in [9.17, 15) is 8.78 Å². The highest BCUT2D eigenvalue weighted by molar-refractivity contribution is 5.80. The molecule has 0 atom stereocenters. The number of nitrogens with zero attached hydrogens (tertiary/aromatic N) is 3. The Kier molecular flexibility index (Phi) is 3.12. The number of pyridine rings is 2. The van der Waals surface area contributed by atoms with Crippen LogP contribution in [0.25, 0.3) is 28.0 Å². The fraction of sp³-hybridized carbons (Fsp3) is 0. The van der Waals surface area contributed by atoms with Crippen molar-refractivity contribution in [2.24, 2.45) is 0 Å². The number of rotatable bonds is 2. The van der Waals surface area contributed by atoms with Gasteiger partial charge in [-0.2, -0.15) is 0 Å². The predicted octanol–water partition coefficient (Wildman–Crippen LogP) is 4.34. The fourth-order valence-electron chi connectivity index (χ4n) is 2.64. The maximum atomic E-state index is 13.5. The monoisotopic (exact) mass is 307 g/mol. The Morgan fingerprint density at radius 3 is 2.48 bits per heavy atom. The molecule has 3 aromatic heterocycles. The summed E-state index contributed by atoms with van der Waals surface area (Å²) in [5.74, 6) is -1.25. The van der Waals surface area contributed by atoms with Crippen molar-refractivity contribution in [3.05, 3.63) is 78.9 Å². The van der Waals surface area contributed by atoms with Gasteiger partial charge >= 0.3 is 0 Å². The quantitative estimate of drug-likeness (QED) is 0.551. The molecule has 0 aliphatic rings. The lowest BCUT2D eigenvalue weighted by molar-refractivity contribution is 0.584. The molecule has 0 bridgehead atoms. The molecule has 4 rings (SSSR count). The van der Waals surface area contributed by atoms with E-state index in [1.807, 2.05) is 35.0 Å². The van der Waals surface area contributed by atoms with Crippen molar-refractivity contribution in [2.45, 2.75) is 0 Å². The summed E-state index contributed by atoms with van der Waals surface area (Å²) in [4.78, 5) is 8.52. The van der Waals surface area contributed by atoms with Crippen LogP contribution in [-0.4, -0.2) is 14.4 Å². The number of aromatic nitrogens is 3. The second-order valence-electron chi connectivity index (χ2n) is 5.17. The van der Waals surface area contributed by atoms with Gasteiger partial charge in [-0.3, -0.25) is 4.98 Å². The van der Waals surface area contributed by atoms with Crippen LogP contribution >= 0.6 is 0 Å². The van der Waals surface area contributed by atoms with E-state index in [1.54, 1.807) is 18.5 Å². The van der Waals surface area contributed by atoms with Crippen molar-refractivity contribution in [3.8, 4) is 22.4 Å². The van der Waals surface area contributed by atoms with Gasteiger partial charge in [0.2, 0.25) is 0 Å². The van der Waals surface area contributed by atoms with E-state index in [2.05, 4.69) is 9.97 Å². The Morgan fingerprint density at radius 1 is 0.826 bits per heavy atom. The molecule has 0 radical (unpaired) electrons. The number of hydrogen-bond donors (Lipinski definition) is 0. The van der Waals surface area contributed by atoms with Gasteiger partial charge in [-0.25, -0.2) is 13.8 Å². The first-order valence-electron chi connectivity index (χ1n) is 7.05. The van der Waals surface area contributed by atoms with Gasteiger partial charge in [0, 0.05) is 47.5 Å². The number of imidazole rings is 1. The summed E-state index contributed by atoms with van der Waals surface area (Å²) in [5, 5.41) is 0. The summed E-state index contributed by atoms with van der Waals surface area (Å²) in [6.45, 7) is 0. The van der Waals surface area contributed by atoms with Crippen molar-refractivity contribution in [1.82, 2.24) is 14.4 Å². The van der Waals surface area contributed by atoms with Gasteiger partial charge in [0.1, 0.15) is 17.3 Å². The average Bonchev–Trinajstić information content (AvgIpc) is 3.01. The Morgan fingerprint density at radius 2 is 1.65 bits per heavy atom. The van der Waals surface area contributed by atoms with Crippen LogP contribution in [-0.2, 0) is 0 Å². The van der Waals surface area contributed by atoms with E-state index in [4.69, 9.17) is 0 Å². The molecule has 0 fully saturated rings. The zero-order valence-corrected chi connectivity index (χ0v) is 11.9. The molecule has 0 spiro atoms. The third-order valence-electron chi connectivity index (χ3n) is 3.64. The van der Waals surface area contributed by atoms with Crippen molar-refractivity contribution in [3.63, 3.8) is 0 Å². The van der Waals surface area contributed by atoms with Gasteiger partial charge in [0.05, 0.1) is 5.69 Å². The Hall–Kier alpha value is -3.08. The number of hydrogen-bond acceptors (Lipinski definition) is 2. The first kappa shape index (κ1) is 13.6. The molecule has 3 heterocycles. The number of halogens is 2. The lowest BCUT2D eigenvalue weighted by Crippen LogP contribution is -1.92. The van der Waals surface area contributed by atoms with Crippen molar-refractivity contribution in [2.75, 3.05) is 0 Å². The zero-order valence-electron chi connectivity index (χ0n) is 11.9. The molecule has 0 unspecified atom stereocenters. The first-order valence-corrected chi connectivity index (χ1v) is 7.05. The van der Waals surface area contributed by atoms with E-state index in [0.29, 0.717) is 11.3 Å². The number of fused-ring (bicyclic) bond motifs is 1. The average molecular weight is 307 g/mol. The van der Waals surface area contributed by atoms with Crippen LogP contribution in [0.2, 0.25) is 0 Å². The van der Waals surface area contributed by atoms with Crippen LogP contribution in [0.3, 0.4) is 0 Å². The summed E-state index contributed by atoms with van der Waals surface area (Å²) in [6, 6.07) is 10.9. The zero-order chi connectivity index (χ0) is 15.8. The van der Waals surface area contributed by atoms with E-state index < -0.39 is 11.6 Å². The molecule has 3 nitrogen and oxygen atoms in total. The Bertz CT molecular complexity index is 988. The van der Waals surface area contributed by atoms with E-state index in [1.165, 1.54) is 12.1 Å². The molecule has 0 saturated carbocycles. The highest BCUT2D eigenvalue weighted by Crippen LogP contribution is 2.31. The van der Waals surface area contributed by atoms with Crippen LogP contribution in [0.4, 0.5) is 8.78 Å². The summed E-state index contributed by atoms with van der Waals surface area (Å²) in [5.41, 5.74) is 3.46. The van der Waals surface area contributed by atoms with Gasteiger partial charge in [-0.15, -0.1) is 0 Å². The molecular formula is C18H11F2N3. The SMILES string of the molecule is Fc1cc(F)cc(-c2ncccc2-c2ccc3nccn3c2)c1. The third-order valence-corrected chi connectivity index (χ3v) is 3.64. The topological polar surface area (TPSA) is 30.2 Å². The van der Waals surface area contributed by atoms with E-state index >= 15 is 0 Å². The summed E-state index contributed by atoms with van der Waals surface area (Å²) in [6.07, 6.45) is 7.08. The van der Waals surface area contributed by atoms with Gasteiger partial charge in [0.25, 0.3) is 0 Å². The highest BCUT2D eigenvalue weighted by atomic mass is 19.1. The van der Waals surface area contributed by atoms with Crippen LogP contribution in [0.5, 0.6) is 0 Å². The standard InChI is InChI=1S/C18H11F2N3/c19-14-8-13(9-15(20)10-14)18-16(2-1-5-22-18)12-3-4-17-21-6-7-23(17)11-12/h1-11H. The maximum absolute atomic E-state index is 13.5. The molecule has 112 valence electrons. The lowest BCUT2D eigenvalue weighted by Gasteiger charge is -2.10. The van der Waals surface area contributed by atoms with Crippen LogP contribution < -0.4 is 0 Å². The molecule has 0 N–H and O–H groups in total. The van der Waals surface area contributed by atoms with E-state index in [0.717, 1.165) is 22.8 Å². The minimum absolute atomic E-state index is 0.406. The molecular weight excluding hydrogens is 296 g/mol. The Balaban J connectivity index is 1.92. The summed E-state index contributed by atoms with van der Waals surface area (Å²) < 4.78 is 29.0. The van der Waals surface area contributed by atoms with Crippen molar-refractivity contribution >= 4 is 5.65 Å². The van der Waals surface area contributed by atoms with Gasteiger partial charge in [-0.05, 0) is 30.3 Å². The highest BCUT2D eigenvalue weighted by Gasteiger charge is 2.11. The summed E-state index contributed by atoms with van der Waals surface area (Å²) in [7, 11) is 0.